The maximum atomic E-state index is 11.5. The van der Waals surface area contributed by atoms with Gasteiger partial charge in [0.1, 0.15) is 0 Å². The molecule has 2 rings (SSSR count). The van der Waals surface area contributed by atoms with E-state index in [-0.39, 0.29) is 6.61 Å². The summed E-state index contributed by atoms with van der Waals surface area (Å²) in [5, 5.41) is 10.5. The topological polar surface area (TPSA) is 46.5 Å². The third-order valence-electron chi connectivity index (χ3n) is 3.02. The maximum absolute atomic E-state index is 11.5. The molecule has 3 nitrogen and oxygen atoms in total. The number of hydrogen-bond donors (Lipinski definition) is 1. The number of esters is 1. The summed E-state index contributed by atoms with van der Waals surface area (Å²) >= 11 is 5.99. The minimum atomic E-state index is -1.22. The van der Waals surface area contributed by atoms with Crippen LogP contribution in [-0.4, -0.2) is 17.7 Å². The lowest BCUT2D eigenvalue weighted by Gasteiger charge is -2.14. The Morgan fingerprint density at radius 1 is 1.53 bits per heavy atom. The van der Waals surface area contributed by atoms with Crippen molar-refractivity contribution in [2.45, 2.75) is 32.3 Å². The first kappa shape index (κ1) is 12.4. The Bertz CT molecular complexity index is 443. The van der Waals surface area contributed by atoms with E-state index >= 15 is 0 Å². The van der Waals surface area contributed by atoms with Gasteiger partial charge in [0.2, 0.25) is 0 Å². The van der Waals surface area contributed by atoms with Gasteiger partial charge < -0.3 is 9.84 Å². The molecule has 1 aromatic carbocycles. The Kier molecular flexibility index (Phi) is 3.69. The Labute approximate surface area is 105 Å². The van der Waals surface area contributed by atoms with Crippen LogP contribution in [0.3, 0.4) is 0 Å². The van der Waals surface area contributed by atoms with Gasteiger partial charge in [0.25, 0.3) is 0 Å². The maximum Gasteiger partial charge on any atom is 0.339 e. The second-order valence-corrected chi connectivity index (χ2v) is 4.58. The van der Waals surface area contributed by atoms with Crippen LogP contribution >= 0.6 is 11.6 Å². The van der Waals surface area contributed by atoms with E-state index in [0.717, 1.165) is 30.4 Å². The fraction of sp³-hybridized carbons (Fsp3) is 0.462. The number of carbonyl (C=O) groups excluding carboxylic acids is 1. The number of aryl methyl sites for hydroxylation is 1. The van der Waals surface area contributed by atoms with Gasteiger partial charge in [-0.2, -0.15) is 0 Å². The third-order valence-corrected chi connectivity index (χ3v) is 3.24. The van der Waals surface area contributed by atoms with Gasteiger partial charge in [0, 0.05) is 5.02 Å². The second-order valence-electron chi connectivity index (χ2n) is 4.14. The lowest BCUT2D eigenvalue weighted by Crippen LogP contribution is -2.17. The fourth-order valence-electron chi connectivity index (χ4n) is 2.29. The summed E-state index contributed by atoms with van der Waals surface area (Å²) in [6.07, 6.45) is 1.66. The number of fused-ring (bicyclic) bond motifs is 1. The van der Waals surface area contributed by atoms with Crippen molar-refractivity contribution in [3.05, 3.63) is 33.8 Å². The molecule has 1 aliphatic rings. The molecule has 1 N–H and O–H groups in total. The van der Waals surface area contributed by atoms with Crippen molar-refractivity contribution < 1.29 is 14.6 Å². The quantitative estimate of drug-likeness (QED) is 0.843. The van der Waals surface area contributed by atoms with Crippen LogP contribution in [0.1, 0.15) is 36.1 Å². The molecule has 17 heavy (non-hydrogen) atoms. The van der Waals surface area contributed by atoms with E-state index in [1.165, 1.54) is 0 Å². The highest BCUT2D eigenvalue weighted by molar-refractivity contribution is 6.30. The van der Waals surface area contributed by atoms with Gasteiger partial charge in [-0.3, -0.25) is 0 Å². The van der Waals surface area contributed by atoms with Crippen LogP contribution in [-0.2, 0) is 22.4 Å². The number of rotatable bonds is 3. The van der Waals surface area contributed by atoms with Crippen molar-refractivity contribution in [1.82, 2.24) is 0 Å². The highest BCUT2D eigenvalue weighted by atomic mass is 35.5. The monoisotopic (exact) mass is 254 g/mol. The zero-order valence-corrected chi connectivity index (χ0v) is 10.5. The molecule has 0 heterocycles. The highest BCUT2D eigenvalue weighted by Gasteiger charge is 2.25. The first-order valence-electron chi connectivity index (χ1n) is 5.79. The molecule has 0 aliphatic heterocycles. The number of ether oxygens (including phenoxy) is 1. The van der Waals surface area contributed by atoms with E-state index in [4.69, 9.17) is 16.3 Å². The van der Waals surface area contributed by atoms with Crippen LogP contribution in [0.4, 0.5) is 0 Å². The molecule has 0 radical (unpaired) electrons. The molecule has 0 amide bonds. The van der Waals surface area contributed by atoms with Crippen molar-refractivity contribution in [2.75, 3.05) is 6.61 Å². The van der Waals surface area contributed by atoms with E-state index in [1.807, 2.05) is 6.07 Å². The normalized spacial score (nSPS) is 15.5. The average Bonchev–Trinajstić information content (AvgIpc) is 2.75. The van der Waals surface area contributed by atoms with Crippen LogP contribution in [0.5, 0.6) is 0 Å². The molecular formula is C13H15ClO3. The Morgan fingerprint density at radius 2 is 2.29 bits per heavy atom. The van der Waals surface area contributed by atoms with E-state index in [1.54, 1.807) is 13.0 Å². The number of aliphatic hydroxyl groups is 1. The zero-order valence-electron chi connectivity index (χ0n) is 9.70. The molecule has 0 spiro atoms. The molecule has 0 fully saturated rings. The molecule has 4 heteroatoms. The summed E-state index contributed by atoms with van der Waals surface area (Å²) in [5.41, 5.74) is 2.79. The number of carbonyl (C=O) groups is 1. The number of halogens is 1. The summed E-state index contributed by atoms with van der Waals surface area (Å²) in [5.74, 6) is -0.608. The molecule has 1 aliphatic carbocycles. The number of aliphatic hydroxyl groups excluding tert-OH is 1. The van der Waals surface area contributed by atoms with Crippen LogP contribution in [0.2, 0.25) is 5.02 Å². The minimum absolute atomic E-state index is 0.263. The lowest BCUT2D eigenvalue weighted by atomic mass is 9.99. The van der Waals surface area contributed by atoms with Gasteiger partial charge in [-0.25, -0.2) is 4.79 Å². The first-order chi connectivity index (χ1) is 8.13. The summed E-state index contributed by atoms with van der Waals surface area (Å²) in [4.78, 5) is 11.5. The molecule has 0 aromatic heterocycles. The Hall–Kier alpha value is -1.06. The van der Waals surface area contributed by atoms with E-state index in [2.05, 4.69) is 0 Å². The third kappa shape index (κ3) is 2.45. The molecule has 92 valence electrons. The molecule has 1 atom stereocenters. The largest absolute Gasteiger partial charge is 0.464 e. The first-order valence-corrected chi connectivity index (χ1v) is 6.17. The zero-order chi connectivity index (χ0) is 12.4. The Balaban J connectivity index is 2.35. The average molecular weight is 255 g/mol. The molecule has 0 bridgehead atoms. The summed E-state index contributed by atoms with van der Waals surface area (Å²) in [7, 11) is 0. The van der Waals surface area contributed by atoms with Crippen molar-refractivity contribution in [3.63, 3.8) is 0 Å². The predicted octanol–water partition coefficient (Wildman–Crippen LogP) is 2.43. The molecular weight excluding hydrogens is 240 g/mol. The predicted molar refractivity (Wildman–Crippen MR) is 65.1 cm³/mol. The van der Waals surface area contributed by atoms with Gasteiger partial charge in [0.05, 0.1) is 6.61 Å². The van der Waals surface area contributed by atoms with E-state index in [0.29, 0.717) is 10.6 Å². The van der Waals surface area contributed by atoms with Crippen LogP contribution < -0.4 is 0 Å². The molecule has 0 saturated heterocycles. The van der Waals surface area contributed by atoms with Crippen molar-refractivity contribution in [1.29, 1.82) is 0 Å². The second kappa shape index (κ2) is 5.07. The van der Waals surface area contributed by atoms with Gasteiger partial charge in [0.15, 0.2) is 6.10 Å². The van der Waals surface area contributed by atoms with Gasteiger partial charge in [-0.1, -0.05) is 11.6 Å². The number of benzene rings is 1. The van der Waals surface area contributed by atoms with Crippen LogP contribution in [0.15, 0.2) is 12.1 Å². The standard InChI is InChI=1S/C13H15ClO3/c1-2-17-13(16)12(15)11-7-9(14)6-8-4-3-5-10(8)11/h6-7,12,15H,2-5H2,1H3. The summed E-state index contributed by atoms with van der Waals surface area (Å²) in [6.45, 7) is 1.98. The molecule has 1 aromatic rings. The summed E-state index contributed by atoms with van der Waals surface area (Å²) in [6, 6.07) is 3.57. The highest BCUT2D eigenvalue weighted by Crippen LogP contribution is 2.32. The SMILES string of the molecule is CCOC(=O)C(O)c1cc(Cl)cc2c1CCC2. The van der Waals surface area contributed by atoms with Gasteiger partial charge in [-0.05, 0) is 55.0 Å². The van der Waals surface area contributed by atoms with Crippen molar-refractivity contribution in [2.24, 2.45) is 0 Å². The van der Waals surface area contributed by atoms with Gasteiger partial charge >= 0.3 is 5.97 Å². The van der Waals surface area contributed by atoms with Gasteiger partial charge in [-0.15, -0.1) is 0 Å². The lowest BCUT2D eigenvalue weighted by molar-refractivity contribution is -0.153. The number of hydrogen-bond acceptors (Lipinski definition) is 3. The summed E-state index contributed by atoms with van der Waals surface area (Å²) < 4.78 is 4.83. The van der Waals surface area contributed by atoms with E-state index in [9.17, 15) is 9.90 Å². The van der Waals surface area contributed by atoms with Crippen molar-refractivity contribution in [3.8, 4) is 0 Å². The van der Waals surface area contributed by atoms with Crippen LogP contribution in [0.25, 0.3) is 0 Å². The molecule has 1 unspecified atom stereocenters. The van der Waals surface area contributed by atoms with Crippen LogP contribution in [0, 0.1) is 0 Å². The van der Waals surface area contributed by atoms with E-state index < -0.39 is 12.1 Å². The minimum Gasteiger partial charge on any atom is -0.464 e. The fourth-order valence-corrected chi connectivity index (χ4v) is 2.54. The van der Waals surface area contributed by atoms with Crippen molar-refractivity contribution >= 4 is 17.6 Å². The smallest absolute Gasteiger partial charge is 0.339 e. The molecule has 0 saturated carbocycles. The Morgan fingerprint density at radius 3 is 3.00 bits per heavy atom.